The molecule has 0 saturated carbocycles. The standard InChI is InChI=1S/C15H20N4O2/c1-11(18-15(20)14(16)10-21-2)12-4-6-13(7-5-12)19-9-3-8-17-19/h3-9,11,14H,10,16H2,1-2H3,(H,18,20). The summed E-state index contributed by atoms with van der Waals surface area (Å²) in [5.41, 5.74) is 7.67. The molecule has 0 aliphatic heterocycles. The highest BCUT2D eigenvalue weighted by molar-refractivity contribution is 5.82. The molecule has 2 unspecified atom stereocenters. The van der Waals surface area contributed by atoms with Gasteiger partial charge in [0.2, 0.25) is 5.91 Å². The van der Waals surface area contributed by atoms with Crippen molar-refractivity contribution in [2.45, 2.75) is 19.0 Å². The number of ether oxygens (including phenoxy) is 1. The van der Waals surface area contributed by atoms with Crippen LogP contribution in [0.3, 0.4) is 0 Å². The lowest BCUT2D eigenvalue weighted by Gasteiger charge is -2.17. The van der Waals surface area contributed by atoms with E-state index in [1.54, 1.807) is 10.9 Å². The van der Waals surface area contributed by atoms with E-state index in [0.717, 1.165) is 11.3 Å². The van der Waals surface area contributed by atoms with E-state index in [0.29, 0.717) is 0 Å². The highest BCUT2D eigenvalue weighted by Crippen LogP contribution is 2.15. The third-order valence-corrected chi connectivity index (χ3v) is 3.20. The molecule has 6 nitrogen and oxygen atoms in total. The number of amides is 1. The summed E-state index contributed by atoms with van der Waals surface area (Å²) in [4.78, 5) is 11.8. The molecule has 1 aromatic heterocycles. The maximum absolute atomic E-state index is 11.8. The van der Waals surface area contributed by atoms with E-state index in [9.17, 15) is 4.79 Å². The van der Waals surface area contributed by atoms with Crippen LogP contribution in [0.2, 0.25) is 0 Å². The summed E-state index contributed by atoms with van der Waals surface area (Å²) >= 11 is 0. The molecule has 3 N–H and O–H groups in total. The van der Waals surface area contributed by atoms with Crippen molar-refractivity contribution < 1.29 is 9.53 Å². The van der Waals surface area contributed by atoms with Crippen LogP contribution in [0.1, 0.15) is 18.5 Å². The van der Waals surface area contributed by atoms with Crippen molar-refractivity contribution in [3.8, 4) is 5.69 Å². The van der Waals surface area contributed by atoms with Crippen molar-refractivity contribution in [2.75, 3.05) is 13.7 Å². The third kappa shape index (κ3) is 3.90. The minimum atomic E-state index is -0.652. The Hall–Kier alpha value is -2.18. The number of aromatic nitrogens is 2. The molecule has 0 aliphatic rings. The van der Waals surface area contributed by atoms with Gasteiger partial charge in [-0.25, -0.2) is 4.68 Å². The lowest BCUT2D eigenvalue weighted by molar-refractivity contribution is -0.124. The second kappa shape index (κ2) is 7.01. The Morgan fingerprint density at radius 1 is 1.43 bits per heavy atom. The lowest BCUT2D eigenvalue weighted by Crippen LogP contribution is -2.44. The van der Waals surface area contributed by atoms with E-state index in [4.69, 9.17) is 10.5 Å². The van der Waals surface area contributed by atoms with Crippen molar-refractivity contribution in [1.82, 2.24) is 15.1 Å². The van der Waals surface area contributed by atoms with Crippen LogP contribution in [0, 0.1) is 0 Å². The SMILES string of the molecule is COCC(N)C(=O)NC(C)c1ccc(-n2cccn2)cc1. The fraction of sp³-hybridized carbons (Fsp3) is 0.333. The molecule has 1 amide bonds. The molecule has 0 bridgehead atoms. The van der Waals surface area contributed by atoms with Crippen molar-refractivity contribution in [3.63, 3.8) is 0 Å². The predicted octanol–water partition coefficient (Wildman–Crippen LogP) is 1.02. The van der Waals surface area contributed by atoms with E-state index < -0.39 is 6.04 Å². The van der Waals surface area contributed by atoms with Gasteiger partial charge in [0.25, 0.3) is 0 Å². The zero-order valence-corrected chi connectivity index (χ0v) is 12.2. The molecular weight excluding hydrogens is 268 g/mol. The van der Waals surface area contributed by atoms with Gasteiger partial charge in [-0.1, -0.05) is 12.1 Å². The predicted molar refractivity (Wildman–Crippen MR) is 80.0 cm³/mol. The summed E-state index contributed by atoms with van der Waals surface area (Å²) in [5, 5.41) is 7.04. The summed E-state index contributed by atoms with van der Waals surface area (Å²) in [6, 6.07) is 8.94. The van der Waals surface area contributed by atoms with Gasteiger partial charge in [0.1, 0.15) is 6.04 Å². The Bertz CT molecular complexity index is 566. The number of benzene rings is 1. The normalized spacial score (nSPS) is 13.7. The Morgan fingerprint density at radius 2 is 2.14 bits per heavy atom. The molecule has 2 rings (SSSR count). The number of rotatable bonds is 6. The van der Waals surface area contributed by atoms with Gasteiger partial charge in [-0.2, -0.15) is 5.10 Å². The number of methoxy groups -OCH3 is 1. The summed E-state index contributed by atoms with van der Waals surface area (Å²) in [6.45, 7) is 2.12. The number of carbonyl (C=O) groups excluding carboxylic acids is 1. The maximum Gasteiger partial charge on any atom is 0.239 e. The number of hydrogen-bond donors (Lipinski definition) is 2. The van der Waals surface area contributed by atoms with E-state index in [-0.39, 0.29) is 18.6 Å². The number of nitrogens with two attached hydrogens (primary N) is 1. The van der Waals surface area contributed by atoms with Gasteiger partial charge < -0.3 is 15.8 Å². The number of hydrogen-bond acceptors (Lipinski definition) is 4. The van der Waals surface area contributed by atoms with Gasteiger partial charge in [-0.15, -0.1) is 0 Å². The van der Waals surface area contributed by atoms with Gasteiger partial charge >= 0.3 is 0 Å². The van der Waals surface area contributed by atoms with Crippen molar-refractivity contribution in [2.24, 2.45) is 5.73 Å². The fourth-order valence-corrected chi connectivity index (χ4v) is 2.00. The molecular formula is C15H20N4O2. The van der Waals surface area contributed by atoms with E-state index in [2.05, 4.69) is 10.4 Å². The molecule has 1 aromatic carbocycles. The summed E-state index contributed by atoms with van der Waals surface area (Å²) < 4.78 is 6.65. The molecule has 0 radical (unpaired) electrons. The highest BCUT2D eigenvalue weighted by atomic mass is 16.5. The fourth-order valence-electron chi connectivity index (χ4n) is 2.00. The Balaban J connectivity index is 2.00. The van der Waals surface area contributed by atoms with Crippen LogP contribution in [0.4, 0.5) is 0 Å². The van der Waals surface area contributed by atoms with E-state index in [1.165, 1.54) is 7.11 Å². The minimum absolute atomic E-state index is 0.118. The zero-order chi connectivity index (χ0) is 15.2. The molecule has 112 valence electrons. The van der Waals surface area contributed by atoms with Crippen LogP contribution in [0.5, 0.6) is 0 Å². The van der Waals surface area contributed by atoms with Crippen molar-refractivity contribution in [1.29, 1.82) is 0 Å². The smallest absolute Gasteiger partial charge is 0.239 e. The van der Waals surface area contributed by atoms with Crippen LogP contribution in [-0.4, -0.2) is 35.4 Å². The van der Waals surface area contributed by atoms with Gasteiger partial charge in [-0.05, 0) is 30.7 Å². The first-order chi connectivity index (χ1) is 10.1. The second-order valence-corrected chi connectivity index (χ2v) is 4.83. The average molecular weight is 288 g/mol. The molecule has 0 aliphatic carbocycles. The summed E-state index contributed by atoms with van der Waals surface area (Å²) in [5.74, 6) is -0.222. The summed E-state index contributed by atoms with van der Waals surface area (Å²) in [6.07, 6.45) is 3.61. The van der Waals surface area contributed by atoms with Crippen LogP contribution < -0.4 is 11.1 Å². The van der Waals surface area contributed by atoms with E-state index in [1.807, 2.05) is 43.5 Å². The number of nitrogens with zero attached hydrogens (tertiary/aromatic N) is 2. The highest BCUT2D eigenvalue weighted by Gasteiger charge is 2.16. The molecule has 0 saturated heterocycles. The first-order valence-electron chi connectivity index (χ1n) is 6.76. The van der Waals surface area contributed by atoms with Gasteiger partial charge in [0.05, 0.1) is 18.3 Å². The van der Waals surface area contributed by atoms with Crippen LogP contribution >= 0.6 is 0 Å². The van der Waals surface area contributed by atoms with Gasteiger partial charge in [0.15, 0.2) is 0 Å². The van der Waals surface area contributed by atoms with Gasteiger partial charge in [-0.3, -0.25) is 4.79 Å². The first-order valence-corrected chi connectivity index (χ1v) is 6.76. The first kappa shape index (κ1) is 15.2. The molecule has 2 aromatic rings. The maximum atomic E-state index is 11.8. The van der Waals surface area contributed by atoms with Crippen LogP contribution in [0.15, 0.2) is 42.7 Å². The molecule has 0 spiro atoms. The van der Waals surface area contributed by atoms with Crippen LogP contribution in [-0.2, 0) is 9.53 Å². The average Bonchev–Trinajstić information content (AvgIpc) is 3.01. The summed E-state index contributed by atoms with van der Waals surface area (Å²) in [7, 11) is 1.52. The Kier molecular flexibility index (Phi) is 5.08. The zero-order valence-electron chi connectivity index (χ0n) is 12.2. The van der Waals surface area contributed by atoms with E-state index >= 15 is 0 Å². The van der Waals surface area contributed by atoms with Crippen LogP contribution in [0.25, 0.3) is 5.69 Å². The van der Waals surface area contributed by atoms with Crippen molar-refractivity contribution >= 4 is 5.91 Å². The number of carbonyl (C=O) groups is 1. The quantitative estimate of drug-likeness (QED) is 0.831. The second-order valence-electron chi connectivity index (χ2n) is 4.83. The molecule has 21 heavy (non-hydrogen) atoms. The lowest BCUT2D eigenvalue weighted by atomic mass is 10.1. The molecule has 0 fully saturated rings. The molecule has 6 heteroatoms. The Morgan fingerprint density at radius 3 is 2.71 bits per heavy atom. The molecule has 1 heterocycles. The third-order valence-electron chi connectivity index (χ3n) is 3.20. The minimum Gasteiger partial charge on any atom is -0.383 e. The van der Waals surface area contributed by atoms with Gasteiger partial charge in [0, 0.05) is 19.5 Å². The monoisotopic (exact) mass is 288 g/mol. The van der Waals surface area contributed by atoms with Crippen molar-refractivity contribution in [3.05, 3.63) is 48.3 Å². The largest absolute Gasteiger partial charge is 0.383 e. The Labute approximate surface area is 123 Å². The molecule has 2 atom stereocenters. The topological polar surface area (TPSA) is 82.2 Å². The number of nitrogens with one attached hydrogen (secondary N) is 1.